The van der Waals surface area contributed by atoms with Crippen molar-refractivity contribution in [2.75, 3.05) is 10.6 Å². The number of fused-ring (bicyclic) bond motifs is 1. The van der Waals surface area contributed by atoms with Crippen molar-refractivity contribution in [1.29, 1.82) is 5.26 Å². The largest absolute Gasteiger partial charge is 0.395 e. The molecule has 0 radical (unpaired) electrons. The minimum atomic E-state index is 0.314. The number of nitriles is 1. The van der Waals surface area contributed by atoms with Crippen LogP contribution in [0, 0.1) is 11.3 Å². The van der Waals surface area contributed by atoms with Gasteiger partial charge in [0.25, 0.3) is 0 Å². The molecule has 1 atom stereocenters. The van der Waals surface area contributed by atoms with E-state index >= 15 is 0 Å². The first-order chi connectivity index (χ1) is 9.72. The Kier molecular flexibility index (Phi) is 3.03. The Balaban J connectivity index is 2.17. The molecule has 1 unspecified atom stereocenters. The molecule has 0 saturated heterocycles. The minimum absolute atomic E-state index is 0.314. The molecule has 1 aliphatic heterocycles. The lowest BCUT2D eigenvalue weighted by molar-refractivity contribution is 0.614. The van der Waals surface area contributed by atoms with Gasteiger partial charge in [-0.1, -0.05) is 18.2 Å². The highest BCUT2D eigenvalue weighted by Crippen LogP contribution is 2.38. The fraction of sp³-hybridized carbons (Fsp3) is 0.250. The molecule has 0 fully saturated rings. The van der Waals surface area contributed by atoms with Crippen LogP contribution in [-0.2, 0) is 6.42 Å². The van der Waals surface area contributed by atoms with Gasteiger partial charge in [0.1, 0.15) is 6.07 Å². The molecule has 20 heavy (non-hydrogen) atoms. The maximum absolute atomic E-state index is 9.13. The fourth-order valence-corrected chi connectivity index (χ4v) is 2.76. The first-order valence-electron chi connectivity index (χ1n) is 6.74. The van der Waals surface area contributed by atoms with Gasteiger partial charge in [-0.05, 0) is 37.5 Å². The van der Waals surface area contributed by atoms with Gasteiger partial charge in [-0.15, -0.1) is 0 Å². The molecule has 0 aliphatic carbocycles. The zero-order valence-electron chi connectivity index (χ0n) is 11.4. The van der Waals surface area contributed by atoms with E-state index in [1.807, 2.05) is 6.07 Å². The van der Waals surface area contributed by atoms with Crippen LogP contribution in [0.4, 0.5) is 17.2 Å². The van der Waals surface area contributed by atoms with Crippen LogP contribution in [0.1, 0.15) is 24.5 Å². The predicted octanol–water partition coefficient (Wildman–Crippen LogP) is 3.01. The summed E-state index contributed by atoms with van der Waals surface area (Å²) in [6.07, 6.45) is 3.76. The Bertz CT molecular complexity index is 687. The van der Waals surface area contributed by atoms with Gasteiger partial charge in [0.2, 0.25) is 0 Å². The number of anilines is 3. The number of nitrogen functional groups attached to an aromatic ring is 1. The van der Waals surface area contributed by atoms with Crippen molar-refractivity contribution in [2.24, 2.45) is 0 Å². The minimum Gasteiger partial charge on any atom is -0.395 e. The van der Waals surface area contributed by atoms with Crippen molar-refractivity contribution >= 4 is 17.2 Å². The third-order valence-corrected chi connectivity index (χ3v) is 3.84. The summed E-state index contributed by atoms with van der Waals surface area (Å²) in [5, 5.41) is 9.13. The molecule has 1 aromatic heterocycles. The van der Waals surface area contributed by atoms with E-state index in [0.717, 1.165) is 18.5 Å². The zero-order chi connectivity index (χ0) is 14.1. The van der Waals surface area contributed by atoms with E-state index in [1.54, 1.807) is 12.3 Å². The van der Waals surface area contributed by atoms with Gasteiger partial charge in [-0.2, -0.15) is 5.26 Å². The number of hydrogen-bond donors (Lipinski definition) is 1. The average molecular weight is 264 g/mol. The number of pyridine rings is 1. The standard InChI is InChI=1S/C16H16N4/c1-11-6-7-12-4-2-3-5-14(12)20(11)16-15(18)13(10-17)8-9-19-16/h2-5,8-9,11H,6-7,18H2,1H3. The van der Waals surface area contributed by atoms with E-state index in [-0.39, 0.29) is 0 Å². The van der Waals surface area contributed by atoms with Gasteiger partial charge in [0.15, 0.2) is 5.82 Å². The summed E-state index contributed by atoms with van der Waals surface area (Å²) in [4.78, 5) is 6.56. The highest BCUT2D eigenvalue weighted by Gasteiger charge is 2.26. The summed E-state index contributed by atoms with van der Waals surface area (Å²) < 4.78 is 0. The van der Waals surface area contributed by atoms with Crippen LogP contribution in [0.2, 0.25) is 0 Å². The second kappa shape index (κ2) is 4.86. The van der Waals surface area contributed by atoms with E-state index in [9.17, 15) is 0 Å². The van der Waals surface area contributed by atoms with Crippen LogP contribution in [0.25, 0.3) is 0 Å². The lowest BCUT2D eigenvalue weighted by atomic mass is 9.96. The molecule has 2 heterocycles. The van der Waals surface area contributed by atoms with Gasteiger partial charge in [0, 0.05) is 17.9 Å². The Morgan fingerprint density at radius 1 is 1.35 bits per heavy atom. The SMILES string of the molecule is CC1CCc2ccccc2N1c1nccc(C#N)c1N. The van der Waals surface area contributed by atoms with Gasteiger partial charge in [0.05, 0.1) is 11.3 Å². The van der Waals surface area contributed by atoms with Crippen LogP contribution >= 0.6 is 0 Å². The smallest absolute Gasteiger partial charge is 0.157 e. The summed E-state index contributed by atoms with van der Waals surface area (Å²) in [6.45, 7) is 2.16. The quantitative estimate of drug-likeness (QED) is 0.859. The lowest BCUT2D eigenvalue weighted by Crippen LogP contribution is -2.34. The predicted molar refractivity (Wildman–Crippen MR) is 79.7 cm³/mol. The van der Waals surface area contributed by atoms with E-state index < -0.39 is 0 Å². The van der Waals surface area contributed by atoms with Gasteiger partial charge in [-0.3, -0.25) is 0 Å². The zero-order valence-corrected chi connectivity index (χ0v) is 11.4. The normalized spacial score (nSPS) is 17.4. The molecule has 0 bridgehead atoms. The number of hydrogen-bond acceptors (Lipinski definition) is 4. The monoisotopic (exact) mass is 264 g/mol. The first-order valence-corrected chi connectivity index (χ1v) is 6.74. The number of nitrogens with two attached hydrogens (primary N) is 1. The van der Waals surface area contributed by atoms with Crippen molar-refractivity contribution in [3.8, 4) is 6.07 Å². The first kappa shape index (κ1) is 12.5. The van der Waals surface area contributed by atoms with E-state index in [2.05, 4.69) is 41.1 Å². The molecule has 0 spiro atoms. The van der Waals surface area contributed by atoms with Crippen LogP contribution in [0.3, 0.4) is 0 Å². The Labute approximate surface area is 118 Å². The average Bonchev–Trinajstić information content (AvgIpc) is 2.48. The van der Waals surface area contributed by atoms with Crippen molar-refractivity contribution in [3.63, 3.8) is 0 Å². The van der Waals surface area contributed by atoms with Crippen LogP contribution < -0.4 is 10.6 Å². The van der Waals surface area contributed by atoms with Gasteiger partial charge < -0.3 is 10.6 Å². The maximum atomic E-state index is 9.13. The van der Waals surface area contributed by atoms with Crippen molar-refractivity contribution < 1.29 is 0 Å². The lowest BCUT2D eigenvalue weighted by Gasteiger charge is -2.36. The molecule has 4 nitrogen and oxygen atoms in total. The molecule has 0 amide bonds. The Hall–Kier alpha value is -2.54. The summed E-state index contributed by atoms with van der Waals surface area (Å²) >= 11 is 0. The summed E-state index contributed by atoms with van der Waals surface area (Å²) in [5.41, 5.74) is 9.49. The van der Waals surface area contributed by atoms with Gasteiger partial charge >= 0.3 is 0 Å². The number of nitrogens with zero attached hydrogens (tertiary/aromatic N) is 3. The molecule has 0 saturated carbocycles. The van der Waals surface area contributed by atoms with Crippen LogP contribution in [-0.4, -0.2) is 11.0 Å². The van der Waals surface area contributed by atoms with Crippen molar-refractivity contribution in [3.05, 3.63) is 47.7 Å². The van der Waals surface area contributed by atoms with Crippen LogP contribution in [0.5, 0.6) is 0 Å². The fourth-order valence-electron chi connectivity index (χ4n) is 2.76. The molecule has 2 aromatic rings. The third kappa shape index (κ3) is 1.88. The molecule has 100 valence electrons. The molecule has 4 heteroatoms. The van der Waals surface area contributed by atoms with E-state index in [0.29, 0.717) is 23.1 Å². The number of para-hydroxylation sites is 1. The van der Waals surface area contributed by atoms with Crippen LogP contribution in [0.15, 0.2) is 36.5 Å². The molecular weight excluding hydrogens is 248 g/mol. The second-order valence-electron chi connectivity index (χ2n) is 5.09. The second-order valence-corrected chi connectivity index (χ2v) is 5.09. The molecular formula is C16H16N4. The Morgan fingerprint density at radius 3 is 2.95 bits per heavy atom. The highest BCUT2D eigenvalue weighted by molar-refractivity contribution is 5.77. The van der Waals surface area contributed by atoms with Crippen molar-refractivity contribution in [2.45, 2.75) is 25.8 Å². The van der Waals surface area contributed by atoms with Gasteiger partial charge in [-0.25, -0.2) is 4.98 Å². The summed E-state index contributed by atoms with van der Waals surface area (Å²) in [7, 11) is 0. The van der Waals surface area contributed by atoms with E-state index in [4.69, 9.17) is 11.0 Å². The van der Waals surface area contributed by atoms with E-state index in [1.165, 1.54) is 5.56 Å². The Morgan fingerprint density at radius 2 is 2.15 bits per heavy atom. The highest BCUT2D eigenvalue weighted by atomic mass is 15.2. The topological polar surface area (TPSA) is 65.9 Å². The third-order valence-electron chi connectivity index (χ3n) is 3.84. The number of aryl methyl sites for hydroxylation is 1. The van der Waals surface area contributed by atoms with Crippen molar-refractivity contribution in [1.82, 2.24) is 4.98 Å². The number of benzene rings is 1. The number of rotatable bonds is 1. The molecule has 1 aliphatic rings. The maximum Gasteiger partial charge on any atom is 0.157 e. The molecule has 3 rings (SSSR count). The number of aromatic nitrogens is 1. The summed E-state index contributed by atoms with van der Waals surface area (Å²) in [6, 6.07) is 12.4. The molecule has 1 aromatic carbocycles. The summed E-state index contributed by atoms with van der Waals surface area (Å²) in [5.74, 6) is 0.684. The molecule has 2 N–H and O–H groups in total.